The predicted octanol–water partition coefficient (Wildman–Crippen LogP) is 3.72. The largest absolute Gasteiger partial charge is 0.396 e. The fourth-order valence-corrected chi connectivity index (χ4v) is 1.83. The van der Waals surface area contributed by atoms with Gasteiger partial charge in [0, 0.05) is 18.3 Å². The summed E-state index contributed by atoms with van der Waals surface area (Å²) in [6.07, 6.45) is 11.6. The lowest BCUT2D eigenvalue weighted by molar-refractivity contribution is 0.627. The average Bonchev–Trinajstić information content (AvgIpc) is 2.40. The molecule has 1 aromatic carbocycles. The lowest BCUT2D eigenvalue weighted by atomic mass is 10.2. The van der Waals surface area contributed by atoms with E-state index in [4.69, 9.17) is 12.2 Å². The minimum absolute atomic E-state index is 0.138. The molecule has 0 fully saturated rings. The van der Waals surface area contributed by atoms with Crippen molar-refractivity contribution in [3.05, 3.63) is 47.9 Å². The van der Waals surface area contributed by atoms with Crippen LogP contribution in [0.2, 0.25) is 0 Å². The number of rotatable bonds is 5. The summed E-state index contributed by atoms with van der Waals surface area (Å²) in [4.78, 5) is 1.84. The smallest absolute Gasteiger partial charge is 0.169 e. The van der Waals surface area contributed by atoms with Crippen LogP contribution in [0.3, 0.4) is 0 Å². The van der Waals surface area contributed by atoms with Crippen molar-refractivity contribution in [2.75, 3.05) is 17.2 Å². The van der Waals surface area contributed by atoms with E-state index >= 15 is 0 Å². The van der Waals surface area contributed by atoms with E-state index in [-0.39, 0.29) is 5.69 Å². The molecule has 0 aliphatic heterocycles. The first-order chi connectivity index (χ1) is 9.15. The monoisotopic (exact) mass is 258 g/mol. The van der Waals surface area contributed by atoms with E-state index in [0.717, 1.165) is 12.1 Å². The molecule has 0 aromatic heterocycles. The molecule has 1 rings (SSSR count). The van der Waals surface area contributed by atoms with Crippen molar-refractivity contribution in [2.45, 2.75) is 20.3 Å². The van der Waals surface area contributed by atoms with Crippen molar-refractivity contribution in [3.8, 4) is 12.3 Å². The van der Waals surface area contributed by atoms with Crippen molar-refractivity contribution >= 4 is 11.4 Å². The zero-order valence-electron chi connectivity index (χ0n) is 11.4. The van der Waals surface area contributed by atoms with Gasteiger partial charge in [-0.1, -0.05) is 25.0 Å². The number of halogens is 1. The number of anilines is 2. The molecular weight excluding hydrogens is 239 g/mol. The van der Waals surface area contributed by atoms with Crippen molar-refractivity contribution in [1.29, 1.82) is 0 Å². The first-order valence-electron chi connectivity index (χ1n) is 6.26. The van der Waals surface area contributed by atoms with E-state index in [1.54, 1.807) is 24.3 Å². The van der Waals surface area contributed by atoms with Crippen LogP contribution in [0.5, 0.6) is 0 Å². The number of hydrogen-bond donors (Lipinski definition) is 1. The molecule has 0 aliphatic rings. The molecule has 1 aromatic rings. The van der Waals surface area contributed by atoms with Gasteiger partial charge in [-0.25, -0.2) is 4.39 Å². The minimum Gasteiger partial charge on any atom is -0.396 e. The van der Waals surface area contributed by atoms with Crippen LogP contribution in [0.4, 0.5) is 15.8 Å². The van der Waals surface area contributed by atoms with Crippen LogP contribution in [-0.4, -0.2) is 6.54 Å². The van der Waals surface area contributed by atoms with E-state index in [0.29, 0.717) is 12.2 Å². The minimum atomic E-state index is -0.414. The molecular formula is C16H19FN2. The molecule has 0 atom stereocenters. The molecule has 3 heteroatoms. The lowest BCUT2D eigenvalue weighted by Crippen LogP contribution is -2.23. The van der Waals surface area contributed by atoms with Gasteiger partial charge in [-0.2, -0.15) is 0 Å². The lowest BCUT2D eigenvalue weighted by Gasteiger charge is -2.26. The van der Waals surface area contributed by atoms with Crippen LogP contribution in [-0.2, 0) is 0 Å². The Balaban J connectivity index is 3.31. The molecule has 0 heterocycles. The number of nitrogens with zero attached hydrogens (tertiary/aromatic N) is 1. The van der Waals surface area contributed by atoms with Crippen LogP contribution in [0.25, 0.3) is 0 Å². The SMILES string of the molecule is C#C/C=C(\C=C/C)N(CCC)c1cccc(N)c1F. The fraction of sp³-hybridized carbons (Fsp3) is 0.250. The quantitative estimate of drug-likeness (QED) is 0.495. The fourth-order valence-electron chi connectivity index (χ4n) is 1.83. The summed E-state index contributed by atoms with van der Waals surface area (Å²) in [5, 5.41) is 0. The summed E-state index contributed by atoms with van der Waals surface area (Å²) in [6, 6.07) is 4.98. The van der Waals surface area contributed by atoms with Gasteiger partial charge >= 0.3 is 0 Å². The number of benzene rings is 1. The van der Waals surface area contributed by atoms with Crippen molar-refractivity contribution in [3.63, 3.8) is 0 Å². The summed E-state index contributed by atoms with van der Waals surface area (Å²) >= 11 is 0. The third kappa shape index (κ3) is 3.62. The van der Waals surface area contributed by atoms with Gasteiger partial charge in [-0.15, -0.1) is 6.42 Å². The molecule has 0 saturated heterocycles. The molecule has 0 bridgehead atoms. The topological polar surface area (TPSA) is 29.3 Å². The second-order valence-corrected chi connectivity index (χ2v) is 4.07. The van der Waals surface area contributed by atoms with Gasteiger partial charge in [0.2, 0.25) is 0 Å². The third-order valence-electron chi connectivity index (χ3n) is 2.63. The van der Waals surface area contributed by atoms with Gasteiger partial charge in [0.25, 0.3) is 0 Å². The van der Waals surface area contributed by atoms with Crippen LogP contribution in [0.15, 0.2) is 42.1 Å². The number of nitrogen functional groups attached to an aromatic ring is 1. The number of terminal acetylenes is 1. The van der Waals surface area contributed by atoms with E-state index in [2.05, 4.69) is 5.92 Å². The summed E-state index contributed by atoms with van der Waals surface area (Å²) in [5.74, 6) is 2.07. The Morgan fingerprint density at radius 2 is 2.26 bits per heavy atom. The second kappa shape index (κ2) is 7.27. The van der Waals surface area contributed by atoms with Crippen molar-refractivity contribution < 1.29 is 4.39 Å². The van der Waals surface area contributed by atoms with Crippen molar-refractivity contribution in [2.24, 2.45) is 0 Å². The van der Waals surface area contributed by atoms with Gasteiger partial charge < -0.3 is 10.6 Å². The summed E-state index contributed by atoms with van der Waals surface area (Å²) in [7, 11) is 0. The molecule has 0 radical (unpaired) electrons. The Morgan fingerprint density at radius 1 is 1.53 bits per heavy atom. The molecule has 100 valence electrons. The van der Waals surface area contributed by atoms with Crippen molar-refractivity contribution in [1.82, 2.24) is 0 Å². The number of nitrogens with two attached hydrogens (primary N) is 1. The molecule has 0 amide bonds. The van der Waals surface area contributed by atoms with E-state index < -0.39 is 5.82 Å². The first-order valence-corrected chi connectivity index (χ1v) is 6.26. The van der Waals surface area contributed by atoms with Gasteiger partial charge in [-0.3, -0.25) is 0 Å². The highest BCUT2D eigenvalue weighted by Crippen LogP contribution is 2.27. The summed E-state index contributed by atoms with van der Waals surface area (Å²) < 4.78 is 14.1. The summed E-state index contributed by atoms with van der Waals surface area (Å²) in [5.41, 5.74) is 6.98. The Morgan fingerprint density at radius 3 is 2.84 bits per heavy atom. The normalized spacial score (nSPS) is 11.6. The van der Waals surface area contributed by atoms with Gasteiger partial charge in [0.1, 0.15) is 0 Å². The van der Waals surface area contributed by atoms with Crippen LogP contribution < -0.4 is 10.6 Å². The second-order valence-electron chi connectivity index (χ2n) is 4.07. The first kappa shape index (κ1) is 14.8. The van der Waals surface area contributed by atoms with Crippen LogP contribution >= 0.6 is 0 Å². The maximum Gasteiger partial charge on any atom is 0.169 e. The van der Waals surface area contributed by atoms with Gasteiger partial charge in [0.05, 0.1) is 11.4 Å². The number of allylic oxidation sites excluding steroid dienone is 3. The predicted molar refractivity (Wildman–Crippen MR) is 80.2 cm³/mol. The summed E-state index contributed by atoms with van der Waals surface area (Å²) in [6.45, 7) is 4.59. The third-order valence-corrected chi connectivity index (χ3v) is 2.63. The molecule has 19 heavy (non-hydrogen) atoms. The van der Waals surface area contributed by atoms with Gasteiger partial charge in [0.15, 0.2) is 5.82 Å². The standard InChI is InChI=1S/C16H19FN2/c1-4-8-13(9-5-2)19(12-6-3)15-11-7-10-14(18)16(15)17/h1,5,7-11H,6,12,18H2,2-3H3/b9-5-,13-8+. The maximum atomic E-state index is 14.1. The Labute approximate surface area is 114 Å². The molecule has 0 unspecified atom stereocenters. The molecule has 0 saturated carbocycles. The highest BCUT2D eigenvalue weighted by Gasteiger charge is 2.15. The molecule has 2 N–H and O–H groups in total. The highest BCUT2D eigenvalue weighted by molar-refractivity contribution is 5.62. The Bertz CT molecular complexity index is 524. The Hall–Kier alpha value is -2.21. The highest BCUT2D eigenvalue weighted by atomic mass is 19.1. The molecule has 0 spiro atoms. The van der Waals surface area contributed by atoms with E-state index in [1.807, 2.05) is 30.9 Å². The van der Waals surface area contributed by atoms with Gasteiger partial charge in [-0.05, 0) is 31.6 Å². The Kier molecular flexibility index (Phi) is 5.69. The zero-order valence-corrected chi connectivity index (χ0v) is 11.4. The molecule has 2 nitrogen and oxygen atoms in total. The number of hydrogen-bond acceptors (Lipinski definition) is 2. The average molecular weight is 258 g/mol. The van der Waals surface area contributed by atoms with Crippen LogP contribution in [0.1, 0.15) is 20.3 Å². The molecule has 0 aliphatic carbocycles. The maximum absolute atomic E-state index is 14.1. The van der Waals surface area contributed by atoms with E-state index in [9.17, 15) is 4.39 Å². The zero-order chi connectivity index (χ0) is 14.3. The van der Waals surface area contributed by atoms with E-state index in [1.165, 1.54) is 0 Å². The van der Waals surface area contributed by atoms with Crippen LogP contribution in [0, 0.1) is 18.2 Å².